The van der Waals surface area contributed by atoms with Crippen molar-refractivity contribution in [2.45, 2.75) is 32.7 Å². The SMILES string of the molecule is C=CCOC(=O)C1=C(C)N=c2sc(=Cc3ccc([N+](=O)[O-])cc3)c(=O)n2C1c1ccc(OCCCC)c(OC)c1. The molecule has 11 heteroatoms. The molecule has 3 aromatic rings. The number of hydrogen-bond donors (Lipinski definition) is 0. The number of esters is 1. The number of aromatic nitrogens is 1. The molecular weight excluding hydrogens is 534 g/mol. The molecule has 2 heterocycles. The Hall–Kier alpha value is -4.51. The summed E-state index contributed by atoms with van der Waals surface area (Å²) in [4.78, 5) is 42.5. The monoisotopic (exact) mass is 563 g/mol. The van der Waals surface area contributed by atoms with Crippen LogP contribution >= 0.6 is 11.3 Å². The number of ether oxygens (including phenoxy) is 3. The Morgan fingerprint density at radius 1 is 1.23 bits per heavy atom. The van der Waals surface area contributed by atoms with E-state index in [2.05, 4.69) is 18.5 Å². The van der Waals surface area contributed by atoms with Crippen LogP contribution in [0.25, 0.3) is 6.08 Å². The van der Waals surface area contributed by atoms with E-state index >= 15 is 0 Å². The number of hydrogen-bond acceptors (Lipinski definition) is 9. The van der Waals surface area contributed by atoms with Gasteiger partial charge in [-0.15, -0.1) is 0 Å². The summed E-state index contributed by atoms with van der Waals surface area (Å²) in [6.07, 6.45) is 4.98. The molecule has 0 radical (unpaired) electrons. The molecule has 4 rings (SSSR count). The second-order valence-electron chi connectivity index (χ2n) is 8.93. The molecule has 0 N–H and O–H groups in total. The number of thiazole rings is 1. The summed E-state index contributed by atoms with van der Waals surface area (Å²) in [5.41, 5.74) is 1.46. The summed E-state index contributed by atoms with van der Waals surface area (Å²) in [7, 11) is 1.53. The van der Waals surface area contributed by atoms with Crippen LogP contribution in [0, 0.1) is 10.1 Å². The summed E-state index contributed by atoms with van der Waals surface area (Å²) in [6, 6.07) is 10.4. The van der Waals surface area contributed by atoms with Crippen LogP contribution in [-0.4, -0.2) is 35.8 Å². The number of nitrogens with zero attached hydrogens (tertiary/aromatic N) is 3. The summed E-state index contributed by atoms with van der Waals surface area (Å²) in [5.74, 6) is 0.412. The lowest BCUT2D eigenvalue weighted by Gasteiger charge is -2.25. The minimum atomic E-state index is -0.842. The van der Waals surface area contributed by atoms with Crippen molar-refractivity contribution in [3.05, 3.63) is 107 Å². The van der Waals surface area contributed by atoms with Crippen LogP contribution in [0.15, 0.2) is 76.2 Å². The maximum absolute atomic E-state index is 13.8. The Kier molecular flexibility index (Phi) is 8.95. The van der Waals surface area contributed by atoms with Gasteiger partial charge in [-0.2, -0.15) is 0 Å². The van der Waals surface area contributed by atoms with Crippen molar-refractivity contribution in [3.8, 4) is 11.5 Å². The van der Waals surface area contributed by atoms with Gasteiger partial charge in [-0.25, -0.2) is 9.79 Å². The van der Waals surface area contributed by atoms with Crippen LogP contribution in [0.2, 0.25) is 0 Å². The van der Waals surface area contributed by atoms with Gasteiger partial charge < -0.3 is 14.2 Å². The summed E-state index contributed by atoms with van der Waals surface area (Å²) < 4.78 is 18.7. The number of nitro groups is 1. The van der Waals surface area contributed by atoms with Crippen molar-refractivity contribution < 1.29 is 23.9 Å². The molecule has 1 unspecified atom stereocenters. The normalized spacial score (nSPS) is 14.8. The first kappa shape index (κ1) is 28.5. The van der Waals surface area contributed by atoms with Gasteiger partial charge in [-0.05, 0) is 54.8 Å². The predicted octanol–water partition coefficient (Wildman–Crippen LogP) is 4.06. The van der Waals surface area contributed by atoms with Crippen molar-refractivity contribution in [1.29, 1.82) is 0 Å². The lowest BCUT2D eigenvalue weighted by Crippen LogP contribution is -2.40. The number of unbranched alkanes of at least 4 members (excludes halogenated alkanes) is 1. The van der Waals surface area contributed by atoms with Crippen molar-refractivity contribution in [2.24, 2.45) is 4.99 Å². The first-order valence-corrected chi connectivity index (χ1v) is 13.5. The minimum absolute atomic E-state index is 0.000422. The van der Waals surface area contributed by atoms with Gasteiger partial charge in [0.15, 0.2) is 16.3 Å². The van der Waals surface area contributed by atoms with E-state index in [4.69, 9.17) is 14.2 Å². The number of nitro benzene ring substituents is 1. The van der Waals surface area contributed by atoms with E-state index < -0.39 is 16.9 Å². The number of methoxy groups -OCH3 is 1. The van der Waals surface area contributed by atoms with Gasteiger partial charge in [0.1, 0.15) is 6.61 Å². The molecule has 1 aliphatic rings. The molecule has 0 aliphatic carbocycles. The maximum Gasteiger partial charge on any atom is 0.338 e. The van der Waals surface area contributed by atoms with Crippen LogP contribution in [-0.2, 0) is 9.53 Å². The van der Waals surface area contributed by atoms with E-state index in [0.717, 1.165) is 24.2 Å². The summed E-state index contributed by atoms with van der Waals surface area (Å²) in [6.45, 7) is 7.91. The zero-order chi connectivity index (χ0) is 28.8. The zero-order valence-corrected chi connectivity index (χ0v) is 23.2. The molecule has 0 spiro atoms. The Balaban J connectivity index is 1.87. The van der Waals surface area contributed by atoms with Crippen LogP contribution in [0.5, 0.6) is 11.5 Å². The molecule has 1 atom stereocenters. The van der Waals surface area contributed by atoms with Gasteiger partial charge in [0, 0.05) is 12.1 Å². The molecule has 10 nitrogen and oxygen atoms in total. The zero-order valence-electron chi connectivity index (χ0n) is 22.4. The standard InChI is InChI=1S/C29H29N3O7S/c1-5-7-15-38-22-13-10-20(17-23(22)37-4)26-25(28(34)39-14-6-2)18(3)30-29-31(26)27(33)24(40-29)16-19-8-11-21(12-9-19)32(35)36/h6,8-13,16-17,26H,2,5,7,14-15H2,1,3-4H3. The van der Waals surface area contributed by atoms with Crippen LogP contribution in [0.3, 0.4) is 0 Å². The largest absolute Gasteiger partial charge is 0.493 e. The third-order valence-electron chi connectivity index (χ3n) is 6.23. The lowest BCUT2D eigenvalue weighted by molar-refractivity contribution is -0.384. The molecule has 0 saturated carbocycles. The molecule has 0 amide bonds. The highest BCUT2D eigenvalue weighted by atomic mass is 32.1. The highest BCUT2D eigenvalue weighted by molar-refractivity contribution is 7.07. The fraction of sp³-hybridized carbons (Fsp3) is 0.276. The maximum atomic E-state index is 13.8. The number of fused-ring (bicyclic) bond motifs is 1. The first-order chi connectivity index (χ1) is 19.3. The van der Waals surface area contributed by atoms with Crippen molar-refractivity contribution >= 4 is 29.1 Å². The van der Waals surface area contributed by atoms with E-state index in [0.29, 0.717) is 44.3 Å². The summed E-state index contributed by atoms with van der Waals surface area (Å²) >= 11 is 1.16. The van der Waals surface area contributed by atoms with Gasteiger partial charge in [0.05, 0.1) is 40.5 Å². The Bertz CT molecular complexity index is 1650. The molecule has 208 valence electrons. The van der Waals surface area contributed by atoms with Crippen molar-refractivity contribution in [2.75, 3.05) is 20.3 Å². The average molecular weight is 564 g/mol. The lowest BCUT2D eigenvalue weighted by atomic mass is 9.95. The van der Waals surface area contributed by atoms with E-state index in [1.807, 2.05) is 0 Å². The smallest absolute Gasteiger partial charge is 0.338 e. The number of carbonyl (C=O) groups is 1. The first-order valence-electron chi connectivity index (χ1n) is 12.6. The number of benzene rings is 2. The molecule has 1 aromatic heterocycles. The highest BCUT2D eigenvalue weighted by Crippen LogP contribution is 2.36. The third-order valence-corrected chi connectivity index (χ3v) is 7.22. The molecule has 0 saturated heterocycles. The van der Waals surface area contributed by atoms with Crippen LogP contribution < -0.4 is 24.4 Å². The highest BCUT2D eigenvalue weighted by Gasteiger charge is 2.34. The summed E-state index contributed by atoms with van der Waals surface area (Å²) in [5, 5.41) is 11.0. The molecule has 40 heavy (non-hydrogen) atoms. The topological polar surface area (TPSA) is 122 Å². The number of allylic oxidation sites excluding steroid dienone is 1. The molecule has 1 aliphatic heterocycles. The molecule has 0 bridgehead atoms. The van der Waals surface area contributed by atoms with Gasteiger partial charge in [0.2, 0.25) is 0 Å². The second-order valence-corrected chi connectivity index (χ2v) is 9.94. The third kappa shape index (κ3) is 5.89. The number of rotatable bonds is 11. The second kappa shape index (κ2) is 12.6. The van der Waals surface area contributed by atoms with E-state index in [9.17, 15) is 19.7 Å². The molecule has 2 aromatic carbocycles. The Morgan fingerprint density at radius 3 is 2.62 bits per heavy atom. The van der Waals surface area contributed by atoms with E-state index in [1.54, 1.807) is 43.3 Å². The number of non-ortho nitro benzene ring substituents is 1. The van der Waals surface area contributed by atoms with Crippen LogP contribution in [0.1, 0.15) is 43.9 Å². The Morgan fingerprint density at radius 2 is 1.98 bits per heavy atom. The number of carbonyl (C=O) groups excluding carboxylic acids is 1. The van der Waals surface area contributed by atoms with Crippen molar-refractivity contribution in [1.82, 2.24) is 4.57 Å². The predicted molar refractivity (Wildman–Crippen MR) is 151 cm³/mol. The quantitative estimate of drug-likeness (QED) is 0.113. The molecular formula is C29H29N3O7S. The Labute approximate surface area is 234 Å². The minimum Gasteiger partial charge on any atom is -0.493 e. The average Bonchev–Trinajstić information content (AvgIpc) is 3.25. The van der Waals surface area contributed by atoms with Crippen molar-refractivity contribution in [3.63, 3.8) is 0 Å². The van der Waals surface area contributed by atoms with Gasteiger partial charge in [-0.3, -0.25) is 19.5 Å². The van der Waals surface area contributed by atoms with Gasteiger partial charge in [-0.1, -0.05) is 43.4 Å². The van der Waals surface area contributed by atoms with Gasteiger partial charge >= 0.3 is 5.97 Å². The fourth-order valence-electron chi connectivity index (χ4n) is 4.25. The van der Waals surface area contributed by atoms with Crippen LogP contribution in [0.4, 0.5) is 5.69 Å². The van der Waals surface area contributed by atoms with Gasteiger partial charge in [0.25, 0.3) is 11.2 Å². The molecule has 0 fully saturated rings. The van der Waals surface area contributed by atoms with E-state index in [-0.39, 0.29) is 23.4 Å². The van der Waals surface area contributed by atoms with E-state index in [1.165, 1.54) is 29.9 Å². The fourth-order valence-corrected chi connectivity index (χ4v) is 5.30.